The summed E-state index contributed by atoms with van der Waals surface area (Å²) in [6.45, 7) is 9.21. The number of rotatable bonds is 0. The summed E-state index contributed by atoms with van der Waals surface area (Å²) in [6.07, 6.45) is 3.07. The zero-order valence-corrected chi connectivity index (χ0v) is 12.1. The Morgan fingerprint density at radius 3 is 2.68 bits per heavy atom. The predicted molar refractivity (Wildman–Crippen MR) is 68.6 cm³/mol. The van der Waals surface area contributed by atoms with Crippen molar-refractivity contribution >= 4 is 0 Å². The van der Waals surface area contributed by atoms with Gasteiger partial charge in [0.25, 0.3) is 0 Å². The first-order chi connectivity index (χ1) is 8.83. The van der Waals surface area contributed by atoms with Crippen molar-refractivity contribution in [1.29, 1.82) is 5.26 Å². The minimum atomic E-state index is -0.393. The molecule has 0 spiro atoms. The van der Waals surface area contributed by atoms with Crippen LogP contribution in [0, 0.1) is 28.1 Å². The first-order valence-electron chi connectivity index (χ1n) is 7.37. The lowest BCUT2D eigenvalue weighted by atomic mass is 9.70. The molecular weight excluding hydrogens is 240 g/mol. The quantitative estimate of drug-likeness (QED) is 0.672. The molecule has 2 bridgehead atoms. The van der Waals surface area contributed by atoms with E-state index in [1.54, 1.807) is 0 Å². The van der Waals surface area contributed by atoms with E-state index in [1.807, 2.05) is 5.06 Å². The molecule has 19 heavy (non-hydrogen) atoms. The molecule has 0 aromatic carbocycles. The van der Waals surface area contributed by atoms with Crippen LogP contribution in [0.2, 0.25) is 0 Å². The smallest absolute Gasteiger partial charge is 0.169 e. The maximum absolute atomic E-state index is 9.10. The average molecular weight is 262 g/mol. The molecule has 0 aromatic heterocycles. The molecule has 4 rings (SSSR count). The standard InChI is InChI=1S/C15H22N2O2/c1-13(2)10-5-6-14(13,3)12-11(10)17-15(4,18-12)7-9(8-16)19-17/h9-12H,5-7H2,1-4H3/t9?,10-,11-,12-,14+,15+/m1/s1. The summed E-state index contributed by atoms with van der Waals surface area (Å²) < 4.78 is 6.45. The van der Waals surface area contributed by atoms with Crippen molar-refractivity contribution in [1.82, 2.24) is 5.06 Å². The van der Waals surface area contributed by atoms with Crippen LogP contribution in [0.1, 0.15) is 47.0 Å². The first kappa shape index (κ1) is 12.1. The predicted octanol–water partition coefficient (Wildman–Crippen LogP) is 2.46. The van der Waals surface area contributed by atoms with Crippen molar-refractivity contribution in [2.24, 2.45) is 16.7 Å². The Labute approximate surface area is 114 Å². The molecule has 0 amide bonds. The molecule has 0 aromatic rings. The van der Waals surface area contributed by atoms with Gasteiger partial charge in [-0.3, -0.25) is 4.84 Å². The maximum Gasteiger partial charge on any atom is 0.169 e. The molecule has 104 valence electrons. The normalized spacial score (nSPS) is 58.1. The first-order valence-corrected chi connectivity index (χ1v) is 7.37. The summed E-state index contributed by atoms with van der Waals surface area (Å²) in [5.74, 6) is 0.613. The van der Waals surface area contributed by atoms with Crippen LogP contribution >= 0.6 is 0 Å². The molecule has 2 heterocycles. The number of hydrogen-bond donors (Lipinski definition) is 0. The lowest BCUT2D eigenvalue weighted by Gasteiger charge is -2.39. The van der Waals surface area contributed by atoms with E-state index in [4.69, 9.17) is 14.8 Å². The summed E-state index contributed by atoms with van der Waals surface area (Å²) >= 11 is 0. The van der Waals surface area contributed by atoms with E-state index in [0.29, 0.717) is 18.4 Å². The van der Waals surface area contributed by atoms with E-state index in [9.17, 15) is 0 Å². The number of ether oxygens (including phenoxy) is 1. The number of nitriles is 1. The second kappa shape index (κ2) is 3.16. The van der Waals surface area contributed by atoms with Crippen LogP contribution in [0.5, 0.6) is 0 Å². The number of hydrogen-bond acceptors (Lipinski definition) is 4. The SMILES string of the molecule is CC1(C)[C@@H]2CC[C@@]1(C)[C@@H]1O[C@@]3(C)CC(C#N)ON3[C@H]21. The van der Waals surface area contributed by atoms with Crippen molar-refractivity contribution in [2.75, 3.05) is 0 Å². The summed E-state index contributed by atoms with van der Waals surface area (Å²) in [5.41, 5.74) is 0.134. The molecule has 4 heteroatoms. The average Bonchev–Trinajstić information content (AvgIpc) is 2.91. The van der Waals surface area contributed by atoms with Gasteiger partial charge in [0.2, 0.25) is 0 Å². The lowest BCUT2D eigenvalue weighted by Crippen LogP contribution is -2.44. The van der Waals surface area contributed by atoms with Gasteiger partial charge in [0.05, 0.1) is 18.2 Å². The van der Waals surface area contributed by atoms with E-state index in [-0.39, 0.29) is 23.0 Å². The van der Waals surface area contributed by atoms with Crippen molar-refractivity contribution in [2.45, 2.75) is 70.9 Å². The fourth-order valence-electron chi connectivity index (χ4n) is 5.29. The second-order valence-corrected chi connectivity index (χ2v) is 7.74. The highest BCUT2D eigenvalue weighted by Gasteiger charge is 2.75. The van der Waals surface area contributed by atoms with E-state index >= 15 is 0 Å². The Morgan fingerprint density at radius 1 is 1.26 bits per heavy atom. The number of fused-ring (bicyclic) bond motifs is 7. The highest BCUT2D eigenvalue weighted by atomic mass is 16.8. The van der Waals surface area contributed by atoms with Gasteiger partial charge in [-0.05, 0) is 31.1 Å². The highest BCUT2D eigenvalue weighted by molar-refractivity contribution is 5.21. The van der Waals surface area contributed by atoms with Crippen LogP contribution in [-0.4, -0.2) is 29.0 Å². The number of nitrogens with zero attached hydrogens (tertiary/aromatic N) is 2. The molecule has 2 saturated carbocycles. The Hall–Kier alpha value is -0.630. The van der Waals surface area contributed by atoms with Crippen molar-refractivity contribution in [3.05, 3.63) is 0 Å². The van der Waals surface area contributed by atoms with Gasteiger partial charge in [0.1, 0.15) is 5.72 Å². The van der Waals surface area contributed by atoms with Gasteiger partial charge in [0.15, 0.2) is 6.10 Å². The molecule has 4 nitrogen and oxygen atoms in total. The molecule has 0 N–H and O–H groups in total. The third-order valence-corrected chi connectivity index (χ3v) is 6.79. The zero-order chi connectivity index (χ0) is 13.6. The third-order valence-electron chi connectivity index (χ3n) is 6.79. The van der Waals surface area contributed by atoms with Crippen LogP contribution in [0.4, 0.5) is 0 Å². The largest absolute Gasteiger partial charge is 0.353 e. The van der Waals surface area contributed by atoms with E-state index in [2.05, 4.69) is 33.8 Å². The van der Waals surface area contributed by atoms with Crippen LogP contribution in [-0.2, 0) is 9.57 Å². The van der Waals surface area contributed by atoms with Crippen LogP contribution in [0.3, 0.4) is 0 Å². The monoisotopic (exact) mass is 262 g/mol. The second-order valence-electron chi connectivity index (χ2n) is 7.74. The maximum atomic E-state index is 9.10. The van der Waals surface area contributed by atoms with Crippen LogP contribution in [0.15, 0.2) is 0 Å². The molecule has 0 radical (unpaired) electrons. The molecule has 6 atom stereocenters. The highest BCUT2D eigenvalue weighted by Crippen LogP contribution is 2.70. The molecular formula is C15H22N2O2. The van der Waals surface area contributed by atoms with Gasteiger partial charge in [-0.2, -0.15) is 10.3 Å². The van der Waals surface area contributed by atoms with Gasteiger partial charge in [-0.1, -0.05) is 20.8 Å². The van der Waals surface area contributed by atoms with Gasteiger partial charge < -0.3 is 4.74 Å². The fourth-order valence-corrected chi connectivity index (χ4v) is 5.29. The van der Waals surface area contributed by atoms with E-state index in [1.165, 1.54) is 12.8 Å². The minimum Gasteiger partial charge on any atom is -0.353 e. The number of hydroxylamine groups is 2. The van der Waals surface area contributed by atoms with E-state index in [0.717, 1.165) is 0 Å². The van der Waals surface area contributed by atoms with Gasteiger partial charge in [0, 0.05) is 11.8 Å². The third kappa shape index (κ3) is 1.13. The summed E-state index contributed by atoms with van der Waals surface area (Å²) in [7, 11) is 0. The summed E-state index contributed by atoms with van der Waals surface area (Å²) in [6, 6.07) is 2.56. The molecule has 2 aliphatic heterocycles. The molecule has 4 aliphatic rings. The Kier molecular flexibility index (Phi) is 2.02. The fraction of sp³-hybridized carbons (Fsp3) is 0.933. The Balaban J connectivity index is 1.75. The minimum absolute atomic E-state index is 0.237. The van der Waals surface area contributed by atoms with Gasteiger partial charge in [-0.25, -0.2) is 0 Å². The topological polar surface area (TPSA) is 45.5 Å². The molecule has 4 fully saturated rings. The van der Waals surface area contributed by atoms with Gasteiger partial charge >= 0.3 is 0 Å². The zero-order valence-electron chi connectivity index (χ0n) is 12.1. The Morgan fingerprint density at radius 2 is 2.00 bits per heavy atom. The van der Waals surface area contributed by atoms with Crippen LogP contribution in [0.25, 0.3) is 0 Å². The van der Waals surface area contributed by atoms with Crippen molar-refractivity contribution in [3.8, 4) is 6.07 Å². The van der Waals surface area contributed by atoms with Crippen molar-refractivity contribution in [3.63, 3.8) is 0 Å². The van der Waals surface area contributed by atoms with E-state index < -0.39 is 5.72 Å². The van der Waals surface area contributed by atoms with Crippen LogP contribution < -0.4 is 0 Å². The Bertz CT molecular complexity index is 485. The molecule has 2 aliphatic carbocycles. The molecule has 2 saturated heterocycles. The summed E-state index contributed by atoms with van der Waals surface area (Å²) in [4.78, 5) is 5.89. The van der Waals surface area contributed by atoms with Gasteiger partial charge in [-0.15, -0.1) is 0 Å². The van der Waals surface area contributed by atoms with Crippen molar-refractivity contribution < 1.29 is 9.57 Å². The lowest BCUT2D eigenvalue weighted by molar-refractivity contribution is -0.225. The summed E-state index contributed by atoms with van der Waals surface area (Å²) in [5, 5.41) is 11.1. The molecule has 1 unspecified atom stereocenters.